The molecule has 0 spiro atoms. The molecule has 6 heteroatoms. The van der Waals surface area contributed by atoms with Gasteiger partial charge in [0.05, 0.1) is 6.16 Å². The van der Waals surface area contributed by atoms with Crippen LogP contribution >= 0.6 is 7.60 Å². The topological polar surface area (TPSA) is 73.6 Å². The zero-order valence-corrected chi connectivity index (χ0v) is 7.93. The summed E-state index contributed by atoms with van der Waals surface area (Å²) in [5.74, 6) is 5.11. The molecule has 3 N–H and O–H groups in total. The van der Waals surface area contributed by atoms with Crippen LogP contribution in [0.1, 0.15) is 6.92 Å². The number of nitrogens with two attached hydrogens (primary N) is 1. The molecule has 0 aromatic carbocycles. The first kappa shape index (κ1) is 11.1. The Morgan fingerprint density at radius 2 is 2.00 bits per heavy atom. The van der Waals surface area contributed by atoms with Crippen molar-refractivity contribution in [2.45, 2.75) is 13.0 Å². The van der Waals surface area contributed by atoms with E-state index in [0.29, 0.717) is 0 Å². The molecule has 0 aliphatic heterocycles. The molecule has 0 fully saturated rings. The molecule has 0 rings (SSSR count). The van der Waals surface area contributed by atoms with Crippen LogP contribution in [-0.2, 0) is 13.6 Å². The van der Waals surface area contributed by atoms with Crippen LogP contribution in [0.3, 0.4) is 0 Å². The normalized spacial score (nSPS) is 14.9. The average molecular weight is 182 g/mol. The lowest BCUT2D eigenvalue weighted by Crippen LogP contribution is -2.35. The van der Waals surface area contributed by atoms with Gasteiger partial charge in [-0.3, -0.25) is 15.8 Å². The third kappa shape index (κ3) is 3.84. The molecule has 0 bridgehead atoms. The molecule has 0 saturated heterocycles. The first-order valence-electron chi connectivity index (χ1n) is 3.24. The van der Waals surface area contributed by atoms with Gasteiger partial charge in [0.1, 0.15) is 0 Å². The van der Waals surface area contributed by atoms with E-state index < -0.39 is 7.60 Å². The number of hydrazine groups is 1. The smallest absolute Gasteiger partial charge is 0.312 e. The van der Waals surface area contributed by atoms with E-state index >= 15 is 0 Å². The van der Waals surface area contributed by atoms with E-state index in [4.69, 9.17) is 14.9 Å². The van der Waals surface area contributed by atoms with Crippen molar-refractivity contribution in [1.82, 2.24) is 5.43 Å². The highest BCUT2D eigenvalue weighted by Gasteiger charge is 2.23. The van der Waals surface area contributed by atoms with Crippen molar-refractivity contribution in [3.05, 3.63) is 0 Å². The van der Waals surface area contributed by atoms with Crippen LogP contribution in [0.25, 0.3) is 0 Å². The number of nitrogens with one attached hydrogen (secondary N) is 1. The lowest BCUT2D eigenvalue weighted by Gasteiger charge is -2.17. The van der Waals surface area contributed by atoms with Gasteiger partial charge in [0.15, 0.2) is 0 Å². The summed E-state index contributed by atoms with van der Waals surface area (Å²) in [5, 5.41) is 0. The SMILES string of the molecule is COP(=O)(C[C@H](C)NN)OC. The predicted molar refractivity (Wildman–Crippen MR) is 43.3 cm³/mol. The summed E-state index contributed by atoms with van der Waals surface area (Å²) in [5.41, 5.74) is 2.46. The van der Waals surface area contributed by atoms with Crippen molar-refractivity contribution in [2.24, 2.45) is 5.84 Å². The Balaban J connectivity index is 3.97. The second-order valence-corrected chi connectivity index (χ2v) is 4.54. The van der Waals surface area contributed by atoms with Gasteiger partial charge < -0.3 is 9.05 Å². The minimum absolute atomic E-state index is 0.0827. The number of hydrogen-bond acceptors (Lipinski definition) is 5. The zero-order chi connectivity index (χ0) is 8.91. The van der Waals surface area contributed by atoms with Gasteiger partial charge in [-0.2, -0.15) is 0 Å². The lowest BCUT2D eigenvalue weighted by atomic mass is 10.4. The Morgan fingerprint density at radius 3 is 2.27 bits per heavy atom. The number of hydrogen-bond donors (Lipinski definition) is 2. The molecular formula is C5H15N2O3P. The van der Waals surface area contributed by atoms with Crippen molar-refractivity contribution in [3.63, 3.8) is 0 Å². The largest absolute Gasteiger partial charge is 0.331 e. The van der Waals surface area contributed by atoms with Crippen molar-refractivity contribution in [3.8, 4) is 0 Å². The van der Waals surface area contributed by atoms with Gasteiger partial charge in [0.25, 0.3) is 0 Å². The van der Waals surface area contributed by atoms with Crippen LogP contribution in [0.15, 0.2) is 0 Å². The first-order valence-corrected chi connectivity index (χ1v) is 4.97. The summed E-state index contributed by atoms with van der Waals surface area (Å²) in [4.78, 5) is 0. The third-order valence-corrected chi connectivity index (χ3v) is 3.45. The van der Waals surface area contributed by atoms with E-state index in [1.165, 1.54) is 14.2 Å². The second kappa shape index (κ2) is 4.85. The van der Waals surface area contributed by atoms with E-state index in [9.17, 15) is 4.57 Å². The molecule has 0 aliphatic carbocycles. The lowest BCUT2D eigenvalue weighted by molar-refractivity contribution is 0.272. The summed E-state index contributed by atoms with van der Waals surface area (Å²) < 4.78 is 20.8. The highest BCUT2D eigenvalue weighted by molar-refractivity contribution is 7.53. The third-order valence-electron chi connectivity index (χ3n) is 1.34. The monoisotopic (exact) mass is 182 g/mol. The van der Waals surface area contributed by atoms with Crippen LogP contribution in [0.5, 0.6) is 0 Å². The highest BCUT2D eigenvalue weighted by atomic mass is 31.2. The summed E-state index contributed by atoms with van der Waals surface area (Å²) in [6.45, 7) is 1.80. The van der Waals surface area contributed by atoms with E-state index in [-0.39, 0.29) is 12.2 Å². The zero-order valence-electron chi connectivity index (χ0n) is 7.03. The molecule has 0 amide bonds. The van der Waals surface area contributed by atoms with Gasteiger partial charge in [-0.15, -0.1) is 0 Å². The van der Waals surface area contributed by atoms with E-state index in [2.05, 4.69) is 5.43 Å². The molecule has 0 heterocycles. The summed E-state index contributed by atoms with van der Waals surface area (Å²) in [6.07, 6.45) is 0.274. The Bertz CT molecular complexity index is 145. The van der Waals surface area contributed by atoms with Crippen molar-refractivity contribution >= 4 is 7.60 Å². The molecule has 0 aromatic rings. The van der Waals surface area contributed by atoms with E-state index in [0.717, 1.165) is 0 Å². The Morgan fingerprint density at radius 1 is 1.55 bits per heavy atom. The number of rotatable bonds is 5. The summed E-state index contributed by atoms with van der Waals surface area (Å²) in [6, 6.07) is -0.0827. The van der Waals surface area contributed by atoms with Crippen LogP contribution in [0, 0.1) is 0 Å². The first-order chi connectivity index (χ1) is 5.08. The van der Waals surface area contributed by atoms with E-state index in [1.807, 2.05) is 0 Å². The fraction of sp³-hybridized carbons (Fsp3) is 1.00. The molecule has 68 valence electrons. The molecule has 0 unspecified atom stereocenters. The predicted octanol–water partition coefficient (Wildman–Crippen LogP) is 0.324. The molecule has 1 atom stereocenters. The van der Waals surface area contributed by atoms with Crippen LogP contribution < -0.4 is 11.3 Å². The van der Waals surface area contributed by atoms with Crippen LogP contribution in [0.2, 0.25) is 0 Å². The van der Waals surface area contributed by atoms with Gasteiger partial charge in [0, 0.05) is 20.3 Å². The van der Waals surface area contributed by atoms with Gasteiger partial charge in [0.2, 0.25) is 0 Å². The van der Waals surface area contributed by atoms with Crippen molar-refractivity contribution in [1.29, 1.82) is 0 Å². The highest BCUT2D eigenvalue weighted by Crippen LogP contribution is 2.46. The maximum atomic E-state index is 11.4. The fourth-order valence-electron chi connectivity index (χ4n) is 0.612. The maximum absolute atomic E-state index is 11.4. The van der Waals surface area contributed by atoms with Gasteiger partial charge in [-0.25, -0.2) is 0 Å². The molecule has 5 nitrogen and oxygen atoms in total. The molecule has 11 heavy (non-hydrogen) atoms. The average Bonchev–Trinajstić information content (AvgIpc) is 2.04. The standard InChI is InChI=1S/C5H15N2O3P/c1-5(7-6)4-11(8,9-2)10-3/h5,7H,4,6H2,1-3H3/t5-/m0/s1. The quantitative estimate of drug-likeness (QED) is 0.364. The van der Waals surface area contributed by atoms with Gasteiger partial charge in [-0.1, -0.05) is 0 Å². The molecule has 0 radical (unpaired) electrons. The molecule has 0 aliphatic rings. The van der Waals surface area contributed by atoms with Crippen molar-refractivity contribution < 1.29 is 13.6 Å². The summed E-state index contributed by atoms with van der Waals surface area (Å²) in [7, 11) is -0.187. The van der Waals surface area contributed by atoms with Crippen molar-refractivity contribution in [2.75, 3.05) is 20.4 Å². The van der Waals surface area contributed by atoms with Crippen LogP contribution in [0.4, 0.5) is 0 Å². The van der Waals surface area contributed by atoms with E-state index in [1.54, 1.807) is 6.92 Å². The Kier molecular flexibility index (Phi) is 4.88. The van der Waals surface area contributed by atoms with Gasteiger partial charge >= 0.3 is 7.60 Å². The molecule has 0 saturated carbocycles. The minimum atomic E-state index is -2.90. The fourth-order valence-corrected chi connectivity index (χ4v) is 1.84. The summed E-state index contributed by atoms with van der Waals surface area (Å²) >= 11 is 0. The Hall–Kier alpha value is 0.0700. The second-order valence-electron chi connectivity index (χ2n) is 2.23. The Labute approximate surface area is 66.7 Å². The molecular weight excluding hydrogens is 167 g/mol. The minimum Gasteiger partial charge on any atom is -0.312 e. The molecule has 0 aromatic heterocycles. The maximum Gasteiger partial charge on any atom is 0.331 e. The van der Waals surface area contributed by atoms with Gasteiger partial charge in [-0.05, 0) is 6.92 Å². The van der Waals surface area contributed by atoms with Crippen LogP contribution in [-0.4, -0.2) is 26.4 Å².